The summed E-state index contributed by atoms with van der Waals surface area (Å²) in [5.74, 6) is 0.995. The summed E-state index contributed by atoms with van der Waals surface area (Å²) in [5.41, 5.74) is 1.61. The Morgan fingerprint density at radius 1 is 1.23 bits per heavy atom. The van der Waals surface area contributed by atoms with Gasteiger partial charge in [-0.05, 0) is 30.3 Å². The second kappa shape index (κ2) is 7.49. The maximum atomic E-state index is 12.7. The molecule has 0 bridgehead atoms. The number of carbonyl (C=O) groups is 1. The average Bonchev–Trinajstić information content (AvgIpc) is 3.12. The molecule has 1 N–H and O–H groups in total. The molecule has 0 saturated heterocycles. The predicted molar refractivity (Wildman–Crippen MR) is 92.5 cm³/mol. The molecule has 0 aliphatic heterocycles. The molecule has 0 spiro atoms. The first kappa shape index (κ1) is 17.2. The van der Waals surface area contributed by atoms with Crippen molar-refractivity contribution in [3.05, 3.63) is 76.9 Å². The second-order valence-corrected chi connectivity index (χ2v) is 5.51. The molecule has 1 aromatic heterocycles. The molecule has 0 radical (unpaired) electrons. The summed E-state index contributed by atoms with van der Waals surface area (Å²) < 4.78 is 10.5. The number of carbonyl (C=O) groups excluding carboxylic acids is 1. The van der Waals surface area contributed by atoms with Crippen molar-refractivity contribution < 1.29 is 14.1 Å². The number of ether oxygens (including phenoxy) is 1. The average molecular weight is 348 g/mol. The smallest absolute Gasteiger partial charge is 0.252 e. The third-order valence-electron chi connectivity index (χ3n) is 3.80. The number of aromatic nitrogens is 2. The van der Waals surface area contributed by atoms with E-state index in [1.54, 1.807) is 44.4 Å². The molecule has 1 amide bonds. The lowest BCUT2D eigenvalue weighted by Crippen LogP contribution is -2.30. The lowest BCUT2D eigenvalue weighted by molar-refractivity contribution is 0.0941. The Morgan fingerprint density at radius 2 is 1.96 bits per heavy atom. The molecule has 3 aromatic rings. The maximum Gasteiger partial charge on any atom is 0.252 e. The Balaban J connectivity index is 1.95. The molecule has 130 valence electrons. The first-order valence-electron chi connectivity index (χ1n) is 7.86. The van der Waals surface area contributed by atoms with Crippen molar-refractivity contribution in [2.24, 2.45) is 0 Å². The Morgan fingerprint density at radius 3 is 2.58 bits per heavy atom. The van der Waals surface area contributed by atoms with Gasteiger partial charge in [-0.15, -0.1) is 0 Å². The van der Waals surface area contributed by atoms with Crippen LogP contribution in [-0.2, 0) is 0 Å². The molecule has 1 unspecified atom stereocenters. The zero-order valence-electron chi connectivity index (χ0n) is 14.3. The van der Waals surface area contributed by atoms with Crippen molar-refractivity contribution >= 4 is 5.91 Å². The number of benzene rings is 2. The highest BCUT2D eigenvalue weighted by Gasteiger charge is 2.25. The molecule has 26 heavy (non-hydrogen) atoms. The summed E-state index contributed by atoms with van der Waals surface area (Å²) in [4.78, 5) is 16.9. The van der Waals surface area contributed by atoms with Gasteiger partial charge in [0.2, 0.25) is 5.89 Å². The van der Waals surface area contributed by atoms with Gasteiger partial charge in [-0.25, -0.2) is 0 Å². The third kappa shape index (κ3) is 3.54. The molecule has 7 heteroatoms. The van der Waals surface area contributed by atoms with E-state index in [9.17, 15) is 4.79 Å². The zero-order chi connectivity index (χ0) is 18.5. The van der Waals surface area contributed by atoms with Crippen LogP contribution in [0.25, 0.3) is 0 Å². The Kier molecular flexibility index (Phi) is 4.94. The highest BCUT2D eigenvalue weighted by atomic mass is 16.5. The van der Waals surface area contributed by atoms with Crippen LogP contribution in [0.15, 0.2) is 53.1 Å². The highest BCUT2D eigenvalue weighted by molar-refractivity contribution is 5.94. The number of methoxy groups -OCH3 is 1. The van der Waals surface area contributed by atoms with E-state index in [1.807, 2.05) is 24.3 Å². The van der Waals surface area contributed by atoms with Crippen LogP contribution in [0.4, 0.5) is 0 Å². The van der Waals surface area contributed by atoms with Crippen molar-refractivity contribution in [3.8, 4) is 11.8 Å². The number of para-hydroxylation sites is 1. The maximum absolute atomic E-state index is 12.7. The van der Waals surface area contributed by atoms with Gasteiger partial charge in [-0.3, -0.25) is 4.79 Å². The van der Waals surface area contributed by atoms with E-state index in [0.717, 1.165) is 0 Å². The summed E-state index contributed by atoms with van der Waals surface area (Å²) >= 11 is 0. The first-order valence-corrected chi connectivity index (χ1v) is 7.86. The summed E-state index contributed by atoms with van der Waals surface area (Å²) in [6, 6.07) is 15.0. The van der Waals surface area contributed by atoms with Gasteiger partial charge in [0.05, 0.1) is 18.7 Å². The van der Waals surface area contributed by atoms with Gasteiger partial charge in [-0.2, -0.15) is 10.2 Å². The van der Waals surface area contributed by atoms with Crippen molar-refractivity contribution in [1.82, 2.24) is 15.5 Å². The molecule has 0 fully saturated rings. The van der Waals surface area contributed by atoms with Crippen molar-refractivity contribution in [2.75, 3.05) is 7.11 Å². The lowest BCUT2D eigenvalue weighted by Gasteiger charge is -2.18. The number of nitrogens with zero attached hydrogens (tertiary/aromatic N) is 3. The monoisotopic (exact) mass is 348 g/mol. The standard InChI is InChI=1S/C19H16N4O3/c1-12-21-18(23-26-12)17(15-5-3-4-6-16(15)25-2)22-19(24)14-9-7-13(11-20)8-10-14/h3-10,17H,1-2H3,(H,22,24). The van der Waals surface area contributed by atoms with Gasteiger partial charge in [0, 0.05) is 18.1 Å². The largest absolute Gasteiger partial charge is 0.496 e. The number of rotatable bonds is 5. The van der Waals surface area contributed by atoms with E-state index in [0.29, 0.717) is 34.2 Å². The minimum absolute atomic E-state index is 0.326. The fourth-order valence-corrected chi connectivity index (χ4v) is 2.53. The van der Waals surface area contributed by atoms with Crippen molar-refractivity contribution in [2.45, 2.75) is 13.0 Å². The van der Waals surface area contributed by atoms with E-state index in [4.69, 9.17) is 14.5 Å². The van der Waals surface area contributed by atoms with Crippen LogP contribution in [0.2, 0.25) is 0 Å². The van der Waals surface area contributed by atoms with Crippen LogP contribution in [0.1, 0.15) is 39.2 Å². The number of amides is 1. The normalized spacial score (nSPS) is 11.4. The third-order valence-corrected chi connectivity index (χ3v) is 3.80. The quantitative estimate of drug-likeness (QED) is 0.761. The molecule has 1 heterocycles. The van der Waals surface area contributed by atoms with E-state index in [-0.39, 0.29) is 5.91 Å². The van der Waals surface area contributed by atoms with E-state index in [1.165, 1.54) is 0 Å². The minimum Gasteiger partial charge on any atom is -0.496 e. The molecule has 3 rings (SSSR count). The van der Waals surface area contributed by atoms with Crippen LogP contribution in [-0.4, -0.2) is 23.2 Å². The van der Waals surface area contributed by atoms with Crippen LogP contribution in [0.5, 0.6) is 5.75 Å². The Hall–Kier alpha value is -3.66. The van der Waals surface area contributed by atoms with E-state index < -0.39 is 6.04 Å². The van der Waals surface area contributed by atoms with Gasteiger partial charge in [0.15, 0.2) is 5.82 Å². The number of hydrogen-bond donors (Lipinski definition) is 1. The van der Waals surface area contributed by atoms with Gasteiger partial charge >= 0.3 is 0 Å². The molecule has 0 saturated carbocycles. The van der Waals surface area contributed by atoms with Gasteiger partial charge in [-0.1, -0.05) is 23.4 Å². The molecular weight excluding hydrogens is 332 g/mol. The molecule has 2 aromatic carbocycles. The zero-order valence-corrected chi connectivity index (χ0v) is 14.3. The number of aryl methyl sites for hydroxylation is 1. The van der Waals surface area contributed by atoms with Gasteiger partial charge in [0.25, 0.3) is 5.91 Å². The molecule has 0 aliphatic rings. The van der Waals surface area contributed by atoms with Crippen molar-refractivity contribution in [1.29, 1.82) is 5.26 Å². The Bertz CT molecular complexity index is 957. The number of nitrogens with one attached hydrogen (secondary N) is 1. The summed E-state index contributed by atoms with van der Waals surface area (Å²) in [6.07, 6.45) is 0. The Labute approximate surface area is 150 Å². The second-order valence-electron chi connectivity index (χ2n) is 5.51. The molecule has 7 nitrogen and oxygen atoms in total. The first-order chi connectivity index (χ1) is 12.6. The number of nitriles is 1. The van der Waals surface area contributed by atoms with Gasteiger partial charge < -0.3 is 14.6 Å². The lowest BCUT2D eigenvalue weighted by atomic mass is 10.0. The summed E-state index contributed by atoms with van der Waals surface area (Å²) in [6.45, 7) is 1.68. The van der Waals surface area contributed by atoms with Crippen LogP contribution in [0, 0.1) is 18.3 Å². The fraction of sp³-hybridized carbons (Fsp3) is 0.158. The molecular formula is C19H16N4O3. The van der Waals surface area contributed by atoms with E-state index >= 15 is 0 Å². The van der Waals surface area contributed by atoms with Crippen LogP contribution in [0.3, 0.4) is 0 Å². The molecule has 1 atom stereocenters. The summed E-state index contributed by atoms with van der Waals surface area (Å²) in [5, 5.41) is 15.7. The number of hydrogen-bond acceptors (Lipinski definition) is 6. The highest BCUT2D eigenvalue weighted by Crippen LogP contribution is 2.28. The van der Waals surface area contributed by atoms with E-state index in [2.05, 4.69) is 15.5 Å². The van der Waals surface area contributed by atoms with Crippen LogP contribution >= 0.6 is 0 Å². The van der Waals surface area contributed by atoms with Crippen LogP contribution < -0.4 is 10.1 Å². The molecule has 0 aliphatic carbocycles. The fourth-order valence-electron chi connectivity index (χ4n) is 2.53. The predicted octanol–water partition coefficient (Wildman–Crippen LogP) is 2.78. The summed E-state index contributed by atoms with van der Waals surface area (Å²) in [7, 11) is 1.56. The SMILES string of the molecule is COc1ccccc1C(NC(=O)c1ccc(C#N)cc1)c1noc(C)n1. The van der Waals surface area contributed by atoms with Gasteiger partial charge in [0.1, 0.15) is 11.8 Å². The van der Waals surface area contributed by atoms with Crippen molar-refractivity contribution in [3.63, 3.8) is 0 Å². The minimum atomic E-state index is -0.647. The topological polar surface area (TPSA) is 101 Å².